The van der Waals surface area contributed by atoms with Crippen LogP contribution in [0.5, 0.6) is 0 Å². The van der Waals surface area contributed by atoms with Crippen LogP contribution >= 0.6 is 0 Å². The van der Waals surface area contributed by atoms with E-state index < -0.39 is 0 Å². The van der Waals surface area contributed by atoms with Crippen LogP contribution in [0.1, 0.15) is 49.2 Å². The van der Waals surface area contributed by atoms with Gasteiger partial charge in [0.25, 0.3) is 0 Å². The molecule has 0 unspecified atom stereocenters. The molecule has 4 nitrogen and oxygen atoms in total. The lowest BCUT2D eigenvalue weighted by Crippen LogP contribution is -2.19. The second-order valence-electron chi connectivity index (χ2n) is 5.01. The summed E-state index contributed by atoms with van der Waals surface area (Å²) in [6.45, 7) is 6.59. The Labute approximate surface area is 118 Å². The van der Waals surface area contributed by atoms with Gasteiger partial charge in [-0.1, -0.05) is 13.3 Å². The lowest BCUT2D eigenvalue weighted by molar-refractivity contribution is 0.0978. The summed E-state index contributed by atoms with van der Waals surface area (Å²) >= 11 is 0. The Hall–Kier alpha value is -1.97. The van der Waals surface area contributed by atoms with Crippen LogP contribution in [0, 0.1) is 6.92 Å². The van der Waals surface area contributed by atoms with Crippen molar-refractivity contribution in [3.8, 4) is 0 Å². The minimum atomic E-state index is -0.196. The van der Waals surface area contributed by atoms with Crippen LogP contribution in [-0.4, -0.2) is 15.3 Å². The van der Waals surface area contributed by atoms with Crippen molar-refractivity contribution in [2.45, 2.75) is 46.6 Å². The summed E-state index contributed by atoms with van der Waals surface area (Å²) in [5.41, 5.74) is 1.62. The van der Waals surface area contributed by atoms with Crippen LogP contribution in [-0.2, 0) is 6.54 Å². The average Bonchev–Trinajstić information content (AvgIpc) is 2.45. The summed E-state index contributed by atoms with van der Waals surface area (Å²) in [4.78, 5) is 29.0. The highest BCUT2D eigenvalue weighted by molar-refractivity contribution is 5.98. The summed E-state index contributed by atoms with van der Waals surface area (Å²) in [5.74, 6) is -0.0680. The van der Waals surface area contributed by atoms with Gasteiger partial charge in [0.05, 0.1) is 10.9 Å². The normalized spacial score (nSPS) is 10.9. The van der Waals surface area contributed by atoms with Gasteiger partial charge in [-0.25, -0.2) is 4.98 Å². The first-order chi connectivity index (χ1) is 9.58. The minimum absolute atomic E-state index is 0.0680. The molecule has 4 heteroatoms. The number of rotatable bonds is 5. The minimum Gasteiger partial charge on any atom is -0.332 e. The molecule has 2 aromatic rings. The molecule has 0 radical (unpaired) electrons. The molecule has 0 fully saturated rings. The van der Waals surface area contributed by atoms with Crippen LogP contribution in [0.25, 0.3) is 11.0 Å². The molecule has 2 aromatic heterocycles. The third kappa shape index (κ3) is 2.64. The predicted molar refractivity (Wildman–Crippen MR) is 80.3 cm³/mol. The number of carbonyl (C=O) groups excluding carboxylic acids is 1. The zero-order valence-electron chi connectivity index (χ0n) is 12.3. The van der Waals surface area contributed by atoms with E-state index >= 15 is 0 Å². The van der Waals surface area contributed by atoms with Gasteiger partial charge in [-0.3, -0.25) is 9.59 Å². The van der Waals surface area contributed by atoms with Gasteiger partial charge in [0.1, 0.15) is 5.65 Å². The van der Waals surface area contributed by atoms with Crippen molar-refractivity contribution < 1.29 is 4.79 Å². The fourth-order valence-corrected chi connectivity index (χ4v) is 2.27. The van der Waals surface area contributed by atoms with Crippen LogP contribution in [0.3, 0.4) is 0 Å². The summed E-state index contributed by atoms with van der Waals surface area (Å²) in [7, 11) is 0. The van der Waals surface area contributed by atoms with Gasteiger partial charge >= 0.3 is 0 Å². The van der Waals surface area contributed by atoms with Crippen molar-refractivity contribution in [3.63, 3.8) is 0 Å². The van der Waals surface area contributed by atoms with E-state index in [4.69, 9.17) is 0 Å². The van der Waals surface area contributed by atoms with Gasteiger partial charge < -0.3 is 4.57 Å². The number of Topliss-reactive ketones (excluding diaryl/α,β-unsaturated/α-hetero) is 1. The van der Waals surface area contributed by atoms with Gasteiger partial charge in [0, 0.05) is 24.9 Å². The fourth-order valence-electron chi connectivity index (χ4n) is 2.27. The highest BCUT2D eigenvalue weighted by Gasteiger charge is 2.15. The molecule has 0 amide bonds. The topological polar surface area (TPSA) is 52.0 Å². The monoisotopic (exact) mass is 272 g/mol. The predicted octanol–water partition coefficient (Wildman–Crippen LogP) is 3.10. The molecule has 2 rings (SSSR count). The lowest BCUT2D eigenvalue weighted by Gasteiger charge is -2.10. The zero-order valence-corrected chi connectivity index (χ0v) is 12.3. The number of hydrogen-bond acceptors (Lipinski definition) is 3. The number of unbranched alkanes of at least 4 members (excludes halogenated alkanes) is 1. The third-order valence-electron chi connectivity index (χ3n) is 3.46. The van der Waals surface area contributed by atoms with E-state index in [2.05, 4.69) is 4.98 Å². The standard InChI is InChI=1S/C16H20N2O2/c1-4-6-7-14(19)13-10-18(5-2)16-12(15(13)20)9-8-11(3)17-16/h8-10H,4-7H2,1-3H3. The fraction of sp³-hybridized carbons (Fsp3) is 0.438. The number of carbonyl (C=O) groups is 1. The summed E-state index contributed by atoms with van der Waals surface area (Å²) in [6, 6.07) is 3.58. The summed E-state index contributed by atoms with van der Waals surface area (Å²) in [5, 5.41) is 0.528. The molecule has 20 heavy (non-hydrogen) atoms. The molecule has 106 valence electrons. The van der Waals surface area contributed by atoms with E-state index in [0.717, 1.165) is 18.5 Å². The number of pyridine rings is 2. The maximum Gasteiger partial charge on any atom is 0.201 e. The maximum atomic E-state index is 12.4. The Morgan fingerprint density at radius 2 is 2.05 bits per heavy atom. The van der Waals surface area contributed by atoms with Crippen LogP contribution in [0.2, 0.25) is 0 Å². The number of hydrogen-bond donors (Lipinski definition) is 0. The smallest absolute Gasteiger partial charge is 0.201 e. The first kappa shape index (κ1) is 14.4. The Kier molecular flexibility index (Phi) is 4.32. The van der Waals surface area contributed by atoms with Crippen LogP contribution < -0.4 is 5.43 Å². The van der Waals surface area contributed by atoms with E-state index in [1.54, 1.807) is 12.3 Å². The highest BCUT2D eigenvalue weighted by Crippen LogP contribution is 2.12. The van der Waals surface area contributed by atoms with Crippen LogP contribution in [0.4, 0.5) is 0 Å². The van der Waals surface area contributed by atoms with Crippen LogP contribution in [0.15, 0.2) is 23.1 Å². The number of fused-ring (bicyclic) bond motifs is 1. The third-order valence-corrected chi connectivity index (χ3v) is 3.46. The second-order valence-corrected chi connectivity index (χ2v) is 5.01. The first-order valence-corrected chi connectivity index (χ1v) is 7.12. The van der Waals surface area contributed by atoms with E-state index in [9.17, 15) is 9.59 Å². The molecule has 0 aliphatic heterocycles. The lowest BCUT2D eigenvalue weighted by atomic mass is 10.1. The zero-order chi connectivity index (χ0) is 14.7. The largest absolute Gasteiger partial charge is 0.332 e. The number of ketones is 1. The quantitative estimate of drug-likeness (QED) is 0.786. The van der Waals surface area contributed by atoms with Gasteiger partial charge in [-0.05, 0) is 32.4 Å². The number of aryl methyl sites for hydroxylation is 2. The van der Waals surface area contributed by atoms with E-state index in [0.29, 0.717) is 29.6 Å². The van der Waals surface area contributed by atoms with Gasteiger partial charge in [0.15, 0.2) is 5.78 Å². The molecular formula is C16H20N2O2. The van der Waals surface area contributed by atoms with E-state index in [1.807, 2.05) is 31.4 Å². The molecule has 2 heterocycles. The Morgan fingerprint density at radius 3 is 2.70 bits per heavy atom. The molecule has 0 saturated carbocycles. The molecule has 0 spiro atoms. The average molecular weight is 272 g/mol. The Balaban J connectivity index is 2.63. The van der Waals surface area contributed by atoms with Crippen molar-refractivity contribution in [3.05, 3.63) is 39.8 Å². The summed E-state index contributed by atoms with van der Waals surface area (Å²) in [6.07, 6.45) is 3.85. The van der Waals surface area contributed by atoms with Crippen molar-refractivity contribution in [2.24, 2.45) is 0 Å². The molecular weight excluding hydrogens is 252 g/mol. The van der Waals surface area contributed by atoms with Gasteiger partial charge in [-0.2, -0.15) is 0 Å². The summed E-state index contributed by atoms with van der Waals surface area (Å²) < 4.78 is 1.88. The maximum absolute atomic E-state index is 12.4. The molecule has 0 saturated heterocycles. The van der Waals surface area contributed by atoms with Crippen molar-refractivity contribution in [2.75, 3.05) is 0 Å². The first-order valence-electron chi connectivity index (χ1n) is 7.12. The Morgan fingerprint density at radius 1 is 1.30 bits per heavy atom. The van der Waals surface area contributed by atoms with Crippen molar-refractivity contribution in [1.82, 2.24) is 9.55 Å². The SMILES string of the molecule is CCCCC(=O)c1cn(CC)c2nc(C)ccc2c1=O. The molecule has 0 bridgehead atoms. The second kappa shape index (κ2) is 5.99. The van der Waals surface area contributed by atoms with Crippen molar-refractivity contribution in [1.29, 1.82) is 0 Å². The highest BCUT2D eigenvalue weighted by atomic mass is 16.1. The van der Waals surface area contributed by atoms with Crippen molar-refractivity contribution >= 4 is 16.8 Å². The molecule has 0 aliphatic carbocycles. The van der Waals surface area contributed by atoms with E-state index in [-0.39, 0.29) is 11.2 Å². The number of nitrogens with zero attached hydrogens (tertiary/aromatic N) is 2. The molecule has 0 atom stereocenters. The molecule has 0 N–H and O–H groups in total. The molecule has 0 aromatic carbocycles. The van der Waals surface area contributed by atoms with Gasteiger partial charge in [-0.15, -0.1) is 0 Å². The van der Waals surface area contributed by atoms with Gasteiger partial charge in [0.2, 0.25) is 5.43 Å². The number of aromatic nitrogens is 2. The van der Waals surface area contributed by atoms with E-state index in [1.165, 1.54) is 0 Å². The Bertz CT molecular complexity index is 701. The molecule has 0 aliphatic rings.